The Kier molecular flexibility index (Phi) is 5.84. The molecule has 3 aliphatic heterocycles. The zero-order chi connectivity index (χ0) is 22.9. The van der Waals surface area contributed by atoms with E-state index in [9.17, 15) is 13.6 Å². The van der Waals surface area contributed by atoms with Crippen LogP contribution < -0.4 is 5.32 Å². The highest BCUT2D eigenvalue weighted by atomic mass is 19.1. The van der Waals surface area contributed by atoms with E-state index in [4.69, 9.17) is 23.7 Å². The Balaban J connectivity index is 0.00000274. The maximum Gasteiger partial charge on any atom is 0.253 e. The molecule has 0 saturated carbocycles. The third-order valence-electron chi connectivity index (χ3n) is 5.51. The number of ether oxygens (including phenoxy) is 5. The molecule has 2 aromatic carbocycles. The molecular formula is C24H23F2NO6. The molecule has 3 aliphatic rings. The largest absolute Gasteiger partial charge is 0.487 e. The molecule has 0 bridgehead atoms. The molecule has 0 spiro atoms. The summed E-state index contributed by atoms with van der Waals surface area (Å²) in [6.07, 6.45) is -0.752. The summed E-state index contributed by atoms with van der Waals surface area (Å²) < 4.78 is 55.3. The summed E-state index contributed by atoms with van der Waals surface area (Å²) >= 11 is 0. The van der Waals surface area contributed by atoms with Crippen LogP contribution >= 0.6 is 0 Å². The lowest BCUT2D eigenvalue weighted by Crippen LogP contribution is -2.27. The van der Waals surface area contributed by atoms with Crippen LogP contribution in [0.1, 0.15) is 12.6 Å². The quantitative estimate of drug-likeness (QED) is 0.610. The fraction of sp³-hybridized carbons (Fsp3) is 0.292. The molecule has 4 atom stereocenters. The Morgan fingerprint density at radius 1 is 1.09 bits per heavy atom. The van der Waals surface area contributed by atoms with Crippen molar-refractivity contribution >= 4 is 5.91 Å². The van der Waals surface area contributed by atoms with E-state index in [1.165, 1.54) is 19.4 Å². The minimum Gasteiger partial charge on any atom is -0.487 e. The Morgan fingerprint density at radius 2 is 1.91 bits per heavy atom. The van der Waals surface area contributed by atoms with Crippen molar-refractivity contribution in [2.24, 2.45) is 0 Å². The fourth-order valence-electron chi connectivity index (χ4n) is 3.63. The average molecular weight is 459 g/mol. The van der Waals surface area contributed by atoms with Gasteiger partial charge in [0.1, 0.15) is 36.7 Å². The number of benzene rings is 2. The van der Waals surface area contributed by atoms with Gasteiger partial charge in [-0.05, 0) is 11.6 Å². The summed E-state index contributed by atoms with van der Waals surface area (Å²) in [5.74, 6) is -1.08. The second-order valence-electron chi connectivity index (χ2n) is 7.75. The Bertz CT molecular complexity index is 1130. The molecule has 2 fully saturated rings. The Labute approximate surface area is 190 Å². The number of hydrogen-bond donors (Lipinski definition) is 1. The molecule has 9 heteroatoms. The predicted octanol–water partition coefficient (Wildman–Crippen LogP) is 3.31. The monoisotopic (exact) mass is 459 g/mol. The molecule has 4 unspecified atom stereocenters. The second kappa shape index (κ2) is 8.93. The van der Waals surface area contributed by atoms with E-state index >= 15 is 0 Å². The van der Waals surface area contributed by atoms with Crippen LogP contribution in [-0.2, 0) is 41.6 Å². The maximum absolute atomic E-state index is 13.9. The highest BCUT2D eigenvalue weighted by Gasteiger charge is 2.55. The number of nitrogens with one attached hydrogen (secondary N) is 1. The van der Waals surface area contributed by atoms with Crippen molar-refractivity contribution in [3.8, 4) is 0 Å². The van der Waals surface area contributed by atoms with Gasteiger partial charge in [-0.1, -0.05) is 36.4 Å². The first-order chi connectivity index (χ1) is 16.0. The van der Waals surface area contributed by atoms with Gasteiger partial charge in [0, 0.05) is 26.7 Å². The number of halogens is 2. The van der Waals surface area contributed by atoms with Gasteiger partial charge in [-0.2, -0.15) is 0 Å². The van der Waals surface area contributed by atoms with E-state index in [1.807, 2.05) is 30.3 Å². The zero-order valence-electron chi connectivity index (χ0n) is 17.6. The molecule has 3 heterocycles. The van der Waals surface area contributed by atoms with Crippen LogP contribution in [0, 0.1) is 11.6 Å². The molecule has 0 aliphatic carbocycles. The molecule has 2 saturated heterocycles. The molecule has 1 N–H and O–H groups in total. The van der Waals surface area contributed by atoms with Crippen molar-refractivity contribution in [2.75, 3.05) is 7.11 Å². The van der Waals surface area contributed by atoms with Gasteiger partial charge in [0.05, 0.1) is 5.57 Å². The summed E-state index contributed by atoms with van der Waals surface area (Å²) in [7, 11) is 1.52. The summed E-state index contributed by atoms with van der Waals surface area (Å²) in [5, 5.41) is 2.62. The molecule has 1 amide bonds. The lowest BCUT2D eigenvalue weighted by Gasteiger charge is -2.12. The Morgan fingerprint density at radius 3 is 2.64 bits per heavy atom. The molecule has 7 nitrogen and oxygen atoms in total. The van der Waals surface area contributed by atoms with Crippen molar-refractivity contribution in [2.45, 2.75) is 37.8 Å². The van der Waals surface area contributed by atoms with E-state index in [1.54, 1.807) is 0 Å². The number of epoxide rings is 2. The number of fused-ring (bicyclic) bond motifs is 1. The van der Waals surface area contributed by atoms with Gasteiger partial charge in [-0.3, -0.25) is 4.79 Å². The fourth-order valence-corrected chi connectivity index (χ4v) is 3.63. The van der Waals surface area contributed by atoms with Crippen LogP contribution in [0.3, 0.4) is 0 Å². The van der Waals surface area contributed by atoms with Gasteiger partial charge in [-0.15, -0.1) is 0 Å². The second-order valence-corrected chi connectivity index (χ2v) is 7.75. The van der Waals surface area contributed by atoms with Crippen molar-refractivity contribution in [3.63, 3.8) is 0 Å². The molecular weight excluding hydrogens is 436 g/mol. The van der Waals surface area contributed by atoms with Gasteiger partial charge >= 0.3 is 0 Å². The number of carbonyl (C=O) groups is 1. The maximum atomic E-state index is 13.9. The van der Waals surface area contributed by atoms with Crippen molar-refractivity contribution < 1.29 is 38.7 Å². The summed E-state index contributed by atoms with van der Waals surface area (Å²) in [6.45, 7) is 0.167. The van der Waals surface area contributed by atoms with Crippen molar-refractivity contribution in [3.05, 3.63) is 94.6 Å². The lowest BCUT2D eigenvalue weighted by molar-refractivity contribution is -0.118. The molecule has 174 valence electrons. The molecule has 0 radical (unpaired) electrons. The number of carbonyl (C=O) groups excluding carboxylic acids is 1. The van der Waals surface area contributed by atoms with E-state index < -0.39 is 42.1 Å². The smallest absolute Gasteiger partial charge is 0.253 e. The highest BCUT2D eigenvalue weighted by molar-refractivity contribution is 5.95. The predicted molar refractivity (Wildman–Crippen MR) is 112 cm³/mol. The van der Waals surface area contributed by atoms with Crippen LogP contribution in [0.4, 0.5) is 8.78 Å². The van der Waals surface area contributed by atoms with Crippen molar-refractivity contribution in [1.82, 2.24) is 5.32 Å². The first-order valence-electron chi connectivity index (χ1n) is 10.4. The first kappa shape index (κ1) is 21.6. The molecule has 0 aromatic heterocycles. The van der Waals surface area contributed by atoms with E-state index in [0.717, 1.165) is 17.7 Å². The third kappa shape index (κ3) is 4.61. The number of amides is 1. The zero-order valence-corrected chi connectivity index (χ0v) is 17.6. The van der Waals surface area contributed by atoms with Crippen LogP contribution in [0.15, 0.2) is 71.9 Å². The van der Waals surface area contributed by atoms with E-state index in [2.05, 4.69) is 5.32 Å². The van der Waals surface area contributed by atoms with Crippen LogP contribution in [0.5, 0.6) is 0 Å². The molecule has 2 aromatic rings. The summed E-state index contributed by atoms with van der Waals surface area (Å²) in [5.41, 5.74) is 1.35. The molecule has 5 rings (SSSR count). The Hall–Kier alpha value is -3.27. The lowest BCUT2D eigenvalue weighted by atomic mass is 10.1. The minimum absolute atomic E-state index is 0. The molecule has 33 heavy (non-hydrogen) atoms. The van der Waals surface area contributed by atoms with Gasteiger partial charge < -0.3 is 29.0 Å². The van der Waals surface area contributed by atoms with Crippen LogP contribution in [-0.4, -0.2) is 37.6 Å². The number of hydrogen-bond acceptors (Lipinski definition) is 6. The topological polar surface area (TPSA) is 81.8 Å². The third-order valence-corrected chi connectivity index (χ3v) is 5.51. The van der Waals surface area contributed by atoms with Crippen LogP contribution in [0.2, 0.25) is 0 Å². The first-order valence-corrected chi connectivity index (χ1v) is 10.4. The minimum atomic E-state index is -0.737. The normalized spacial score (nSPS) is 25.4. The van der Waals surface area contributed by atoms with E-state index in [-0.39, 0.29) is 25.7 Å². The summed E-state index contributed by atoms with van der Waals surface area (Å²) in [6, 6.07) is 12.8. The van der Waals surface area contributed by atoms with E-state index in [0.29, 0.717) is 11.5 Å². The number of methoxy groups -OCH3 is 1. The SMILES string of the molecule is COC1OC1C1=C(OCc2ccccc2)C2OC2C(C(=O)NCc2ccc(F)cc2F)=CO1.[HH]. The summed E-state index contributed by atoms with van der Waals surface area (Å²) in [4.78, 5) is 12.8. The van der Waals surface area contributed by atoms with Gasteiger partial charge in [0.25, 0.3) is 5.91 Å². The van der Waals surface area contributed by atoms with Gasteiger partial charge in [-0.25, -0.2) is 8.78 Å². The van der Waals surface area contributed by atoms with Gasteiger partial charge in [0.2, 0.25) is 0 Å². The van der Waals surface area contributed by atoms with Gasteiger partial charge in [0.15, 0.2) is 23.9 Å². The standard InChI is InChI=1S/C24H21F2NO6.H2/c1-29-24-22(33-24)20-19(30-11-13-5-3-2-4-6-13)21-18(32-21)16(12-31-20)23(28)27-10-14-7-8-15(25)9-17(14)26;/h2-9,12,18,21-22,24H,10-11H2,1H3,(H,27,28);1H. The highest BCUT2D eigenvalue weighted by Crippen LogP contribution is 2.44. The average Bonchev–Trinajstić information content (AvgIpc) is 3.72. The van der Waals surface area contributed by atoms with Crippen molar-refractivity contribution in [1.29, 1.82) is 0 Å². The van der Waals surface area contributed by atoms with Crippen LogP contribution in [0.25, 0.3) is 0 Å². The number of rotatable bonds is 8.